The molecule has 3 heteroatoms. The Morgan fingerprint density at radius 3 is 2.08 bits per heavy atom. The van der Waals surface area contributed by atoms with Crippen molar-refractivity contribution in [2.45, 2.75) is 13.3 Å². The summed E-state index contributed by atoms with van der Waals surface area (Å²) in [5, 5.41) is 0. The Hall–Kier alpha value is -3.07. The molecular weight excluding hydrogens is 310 g/mol. The number of aliphatic imine (C=N–C) groups is 1. The topological polar surface area (TPSA) is 30.8 Å². The zero-order valence-corrected chi connectivity index (χ0v) is 14.3. The lowest BCUT2D eigenvalue weighted by atomic mass is 10.2. The van der Waals surface area contributed by atoms with E-state index >= 15 is 0 Å². The van der Waals surface area contributed by atoms with Gasteiger partial charge in [0.1, 0.15) is 17.2 Å². The second-order valence-corrected chi connectivity index (χ2v) is 5.58. The van der Waals surface area contributed by atoms with Gasteiger partial charge in [-0.2, -0.15) is 0 Å². The van der Waals surface area contributed by atoms with Gasteiger partial charge in [0, 0.05) is 6.21 Å². The second-order valence-electron chi connectivity index (χ2n) is 5.58. The molecule has 3 rings (SSSR count). The average Bonchev–Trinajstić information content (AvgIpc) is 2.67. The molecule has 0 saturated carbocycles. The number of para-hydroxylation sites is 1. The molecule has 3 aromatic carbocycles. The SMILES string of the molecule is CCCOc1ccc(C=Nc2ccc(Oc3ccccc3)cc2)cc1. The summed E-state index contributed by atoms with van der Waals surface area (Å²) in [4.78, 5) is 4.50. The molecule has 0 radical (unpaired) electrons. The van der Waals surface area contributed by atoms with E-state index in [2.05, 4.69) is 11.9 Å². The summed E-state index contributed by atoms with van der Waals surface area (Å²) in [5.41, 5.74) is 1.92. The summed E-state index contributed by atoms with van der Waals surface area (Å²) in [6.45, 7) is 2.84. The van der Waals surface area contributed by atoms with E-state index in [1.165, 1.54) is 0 Å². The van der Waals surface area contributed by atoms with Crippen molar-refractivity contribution >= 4 is 11.9 Å². The van der Waals surface area contributed by atoms with Crippen LogP contribution in [-0.2, 0) is 0 Å². The van der Waals surface area contributed by atoms with Crippen LogP contribution in [0.3, 0.4) is 0 Å². The van der Waals surface area contributed by atoms with E-state index < -0.39 is 0 Å². The number of rotatable bonds is 7. The predicted molar refractivity (Wildman–Crippen MR) is 102 cm³/mol. The van der Waals surface area contributed by atoms with Gasteiger partial charge in [-0.1, -0.05) is 25.1 Å². The van der Waals surface area contributed by atoms with Crippen LogP contribution in [0.5, 0.6) is 17.2 Å². The van der Waals surface area contributed by atoms with E-state index in [0.717, 1.165) is 41.5 Å². The van der Waals surface area contributed by atoms with Gasteiger partial charge >= 0.3 is 0 Å². The molecule has 25 heavy (non-hydrogen) atoms. The van der Waals surface area contributed by atoms with Gasteiger partial charge in [0.25, 0.3) is 0 Å². The molecule has 3 nitrogen and oxygen atoms in total. The number of nitrogens with zero attached hydrogens (tertiary/aromatic N) is 1. The molecule has 0 aromatic heterocycles. The molecule has 0 bridgehead atoms. The molecule has 0 saturated heterocycles. The Kier molecular flexibility index (Phi) is 5.83. The Balaban J connectivity index is 1.60. The van der Waals surface area contributed by atoms with Crippen molar-refractivity contribution in [2.75, 3.05) is 6.61 Å². The third kappa shape index (κ3) is 5.21. The van der Waals surface area contributed by atoms with Crippen LogP contribution >= 0.6 is 0 Å². The van der Waals surface area contributed by atoms with Crippen LogP contribution in [0.4, 0.5) is 5.69 Å². The molecule has 0 spiro atoms. The second kappa shape index (κ2) is 8.69. The van der Waals surface area contributed by atoms with Gasteiger partial charge in [0.05, 0.1) is 12.3 Å². The molecule has 0 fully saturated rings. The summed E-state index contributed by atoms with van der Waals surface area (Å²) in [6, 6.07) is 25.4. The van der Waals surface area contributed by atoms with E-state index in [0.29, 0.717) is 0 Å². The van der Waals surface area contributed by atoms with Gasteiger partial charge in [-0.3, -0.25) is 4.99 Å². The summed E-state index contributed by atoms with van der Waals surface area (Å²) < 4.78 is 11.4. The van der Waals surface area contributed by atoms with E-state index in [4.69, 9.17) is 9.47 Å². The normalized spacial score (nSPS) is 10.8. The molecule has 0 amide bonds. The highest BCUT2D eigenvalue weighted by Crippen LogP contribution is 2.23. The van der Waals surface area contributed by atoms with Crippen LogP contribution in [0, 0.1) is 0 Å². The summed E-state index contributed by atoms with van der Waals surface area (Å²) in [5.74, 6) is 2.51. The Bertz CT molecular complexity index is 794. The molecule has 126 valence electrons. The molecule has 3 aromatic rings. The van der Waals surface area contributed by atoms with Gasteiger partial charge in [-0.25, -0.2) is 0 Å². The van der Waals surface area contributed by atoms with Crippen LogP contribution < -0.4 is 9.47 Å². The Morgan fingerprint density at radius 1 is 0.760 bits per heavy atom. The molecular formula is C22H21NO2. The average molecular weight is 331 g/mol. The smallest absolute Gasteiger partial charge is 0.127 e. The zero-order valence-electron chi connectivity index (χ0n) is 14.3. The van der Waals surface area contributed by atoms with Crippen LogP contribution in [0.15, 0.2) is 83.9 Å². The van der Waals surface area contributed by atoms with E-state index in [9.17, 15) is 0 Å². The van der Waals surface area contributed by atoms with E-state index in [1.807, 2.05) is 85.1 Å². The van der Waals surface area contributed by atoms with Crippen molar-refractivity contribution in [3.63, 3.8) is 0 Å². The molecule has 0 heterocycles. The highest BCUT2D eigenvalue weighted by molar-refractivity contribution is 5.82. The Morgan fingerprint density at radius 2 is 1.40 bits per heavy atom. The fraction of sp³-hybridized carbons (Fsp3) is 0.136. The first-order valence-corrected chi connectivity index (χ1v) is 8.43. The monoisotopic (exact) mass is 331 g/mol. The minimum Gasteiger partial charge on any atom is -0.494 e. The minimum absolute atomic E-state index is 0.741. The largest absolute Gasteiger partial charge is 0.494 e. The molecule has 0 unspecified atom stereocenters. The van der Waals surface area contributed by atoms with Gasteiger partial charge in [-0.05, 0) is 72.6 Å². The fourth-order valence-corrected chi connectivity index (χ4v) is 2.24. The fourth-order valence-electron chi connectivity index (χ4n) is 2.24. The van der Waals surface area contributed by atoms with Crippen molar-refractivity contribution in [3.05, 3.63) is 84.4 Å². The van der Waals surface area contributed by atoms with E-state index in [1.54, 1.807) is 0 Å². The maximum absolute atomic E-state index is 5.78. The molecule has 0 aliphatic heterocycles. The van der Waals surface area contributed by atoms with Crippen molar-refractivity contribution < 1.29 is 9.47 Å². The molecule has 0 atom stereocenters. The molecule has 0 N–H and O–H groups in total. The first kappa shape index (κ1) is 16.8. The standard InChI is InChI=1S/C22H21NO2/c1-2-16-24-20-12-8-18(9-13-20)17-23-19-10-14-22(15-11-19)25-21-6-4-3-5-7-21/h3-15,17H,2,16H2,1H3. The predicted octanol–water partition coefficient (Wildman–Crippen LogP) is 6.02. The van der Waals surface area contributed by atoms with Gasteiger partial charge < -0.3 is 9.47 Å². The molecule has 0 aliphatic carbocycles. The lowest BCUT2D eigenvalue weighted by Crippen LogP contribution is -1.94. The minimum atomic E-state index is 0.741. The number of hydrogen-bond acceptors (Lipinski definition) is 3. The molecule has 0 aliphatic rings. The summed E-state index contributed by atoms with van der Waals surface area (Å²) >= 11 is 0. The maximum atomic E-state index is 5.78. The highest BCUT2D eigenvalue weighted by atomic mass is 16.5. The lowest BCUT2D eigenvalue weighted by Gasteiger charge is -2.05. The van der Waals surface area contributed by atoms with Crippen molar-refractivity contribution in [1.82, 2.24) is 0 Å². The van der Waals surface area contributed by atoms with Crippen LogP contribution in [0.2, 0.25) is 0 Å². The van der Waals surface area contributed by atoms with E-state index in [-0.39, 0.29) is 0 Å². The van der Waals surface area contributed by atoms with Crippen LogP contribution in [-0.4, -0.2) is 12.8 Å². The van der Waals surface area contributed by atoms with Gasteiger partial charge in [-0.15, -0.1) is 0 Å². The van der Waals surface area contributed by atoms with Crippen LogP contribution in [0.1, 0.15) is 18.9 Å². The summed E-state index contributed by atoms with van der Waals surface area (Å²) in [7, 11) is 0. The van der Waals surface area contributed by atoms with Gasteiger partial charge in [0.15, 0.2) is 0 Å². The number of hydrogen-bond donors (Lipinski definition) is 0. The number of benzene rings is 3. The first-order valence-electron chi connectivity index (χ1n) is 8.43. The zero-order chi connectivity index (χ0) is 17.3. The van der Waals surface area contributed by atoms with Gasteiger partial charge in [0.2, 0.25) is 0 Å². The lowest BCUT2D eigenvalue weighted by molar-refractivity contribution is 0.317. The maximum Gasteiger partial charge on any atom is 0.127 e. The number of ether oxygens (including phenoxy) is 2. The third-order valence-electron chi connectivity index (χ3n) is 3.53. The highest BCUT2D eigenvalue weighted by Gasteiger charge is 1.97. The van der Waals surface area contributed by atoms with Crippen molar-refractivity contribution in [1.29, 1.82) is 0 Å². The first-order chi connectivity index (χ1) is 12.3. The third-order valence-corrected chi connectivity index (χ3v) is 3.53. The summed E-state index contributed by atoms with van der Waals surface area (Å²) in [6.07, 6.45) is 2.85. The van der Waals surface area contributed by atoms with Crippen molar-refractivity contribution in [2.24, 2.45) is 4.99 Å². The quantitative estimate of drug-likeness (QED) is 0.496. The van der Waals surface area contributed by atoms with Crippen LogP contribution in [0.25, 0.3) is 0 Å². The Labute approximate surface area is 148 Å². The van der Waals surface area contributed by atoms with Crippen molar-refractivity contribution in [3.8, 4) is 17.2 Å².